The van der Waals surface area contributed by atoms with Gasteiger partial charge in [-0.15, -0.1) is 10.2 Å². The van der Waals surface area contributed by atoms with Crippen LogP contribution in [0.4, 0.5) is 0 Å². The molecule has 0 aliphatic heterocycles. The van der Waals surface area contributed by atoms with Crippen LogP contribution in [0.25, 0.3) is 11.4 Å². The number of hydrogen-bond donors (Lipinski definition) is 1. The van der Waals surface area contributed by atoms with Crippen LogP contribution in [-0.2, 0) is 6.54 Å². The number of aromatic nitrogens is 4. The summed E-state index contributed by atoms with van der Waals surface area (Å²) >= 11 is 5.81. The molecular formula is C17H17ClN4O2. The maximum Gasteiger partial charge on any atom is 0.204 e. The molecule has 0 amide bonds. The van der Waals surface area contributed by atoms with Crippen LogP contribution in [0.3, 0.4) is 0 Å². The second-order valence-corrected chi connectivity index (χ2v) is 5.89. The Kier molecular flexibility index (Phi) is 5.08. The molecule has 0 saturated carbocycles. The molecular weight excluding hydrogens is 328 g/mol. The van der Waals surface area contributed by atoms with E-state index in [1.165, 1.54) is 10.4 Å². The van der Waals surface area contributed by atoms with E-state index in [2.05, 4.69) is 15.4 Å². The molecule has 0 aliphatic carbocycles. The maximum absolute atomic E-state index is 10.1. The summed E-state index contributed by atoms with van der Waals surface area (Å²) in [5.74, 6) is 1.17. The lowest BCUT2D eigenvalue weighted by Gasteiger charge is -2.11. The van der Waals surface area contributed by atoms with Gasteiger partial charge >= 0.3 is 0 Å². The van der Waals surface area contributed by atoms with Gasteiger partial charge in [-0.25, -0.2) is 0 Å². The highest BCUT2D eigenvalue weighted by atomic mass is 35.5. The Morgan fingerprint density at radius 3 is 2.54 bits per heavy atom. The van der Waals surface area contributed by atoms with E-state index in [4.69, 9.17) is 16.3 Å². The predicted octanol–water partition coefficient (Wildman–Crippen LogP) is 2.74. The van der Waals surface area contributed by atoms with E-state index < -0.39 is 6.10 Å². The van der Waals surface area contributed by atoms with Crippen LogP contribution in [-0.4, -0.2) is 38.0 Å². The monoisotopic (exact) mass is 344 g/mol. The molecule has 0 aliphatic rings. The standard InChI is InChI=1S/C17H17ClN4O2/c1-12-2-4-13(5-3-12)17-19-21-22(20-17)10-15(23)11-24-16-8-6-14(18)7-9-16/h2-9,15,23H,10-11H2,1H3/t15-/m0/s1. The van der Waals surface area contributed by atoms with Gasteiger partial charge in [-0.3, -0.25) is 0 Å². The molecule has 24 heavy (non-hydrogen) atoms. The van der Waals surface area contributed by atoms with Crippen molar-refractivity contribution >= 4 is 11.6 Å². The van der Waals surface area contributed by atoms with Crippen molar-refractivity contribution < 1.29 is 9.84 Å². The highest BCUT2D eigenvalue weighted by Crippen LogP contribution is 2.16. The van der Waals surface area contributed by atoms with Crippen LogP contribution in [0.5, 0.6) is 5.75 Å². The number of tetrazole rings is 1. The Bertz CT molecular complexity index is 787. The minimum Gasteiger partial charge on any atom is -0.491 e. The van der Waals surface area contributed by atoms with Crippen LogP contribution in [0, 0.1) is 6.92 Å². The summed E-state index contributed by atoms with van der Waals surface area (Å²) in [6.45, 7) is 2.35. The molecule has 2 aromatic carbocycles. The molecule has 124 valence electrons. The van der Waals surface area contributed by atoms with Crippen molar-refractivity contribution in [3.05, 3.63) is 59.1 Å². The van der Waals surface area contributed by atoms with Crippen molar-refractivity contribution in [2.45, 2.75) is 19.6 Å². The molecule has 0 radical (unpaired) electrons. The van der Waals surface area contributed by atoms with E-state index >= 15 is 0 Å². The SMILES string of the molecule is Cc1ccc(-c2nnn(C[C@H](O)COc3ccc(Cl)cc3)n2)cc1. The van der Waals surface area contributed by atoms with Gasteiger partial charge in [-0.1, -0.05) is 41.4 Å². The molecule has 0 unspecified atom stereocenters. The van der Waals surface area contributed by atoms with Crippen LogP contribution >= 0.6 is 11.6 Å². The van der Waals surface area contributed by atoms with Gasteiger partial charge in [-0.2, -0.15) is 4.80 Å². The van der Waals surface area contributed by atoms with Crippen LogP contribution in [0.1, 0.15) is 5.56 Å². The van der Waals surface area contributed by atoms with Gasteiger partial charge in [0.25, 0.3) is 0 Å². The van der Waals surface area contributed by atoms with Crippen LogP contribution in [0.15, 0.2) is 48.5 Å². The molecule has 3 aromatic rings. The lowest BCUT2D eigenvalue weighted by atomic mass is 10.1. The Balaban J connectivity index is 1.55. The average Bonchev–Trinajstić information content (AvgIpc) is 3.03. The summed E-state index contributed by atoms with van der Waals surface area (Å²) in [5, 5.41) is 22.9. The first kappa shape index (κ1) is 16.4. The largest absolute Gasteiger partial charge is 0.491 e. The molecule has 0 saturated heterocycles. The van der Waals surface area contributed by atoms with E-state index in [-0.39, 0.29) is 13.2 Å². The van der Waals surface area contributed by atoms with Gasteiger partial charge in [0.05, 0.1) is 6.54 Å². The normalized spacial score (nSPS) is 12.1. The average molecular weight is 345 g/mol. The number of aliphatic hydroxyl groups is 1. The van der Waals surface area contributed by atoms with Gasteiger partial charge in [0, 0.05) is 10.6 Å². The molecule has 7 heteroatoms. The number of aliphatic hydroxyl groups excluding tert-OH is 1. The first-order chi connectivity index (χ1) is 11.6. The van der Waals surface area contributed by atoms with Crippen molar-refractivity contribution in [1.29, 1.82) is 0 Å². The number of benzene rings is 2. The van der Waals surface area contributed by atoms with Gasteiger partial charge in [0.2, 0.25) is 5.82 Å². The van der Waals surface area contributed by atoms with E-state index in [1.54, 1.807) is 24.3 Å². The van der Waals surface area contributed by atoms with Crippen LogP contribution < -0.4 is 4.74 Å². The molecule has 1 heterocycles. The van der Waals surface area contributed by atoms with E-state index in [0.717, 1.165) is 5.56 Å². The molecule has 3 rings (SSSR count). The van der Waals surface area contributed by atoms with Crippen molar-refractivity contribution in [1.82, 2.24) is 20.2 Å². The van der Waals surface area contributed by atoms with Gasteiger partial charge in [0.1, 0.15) is 18.5 Å². The fraction of sp³-hybridized carbons (Fsp3) is 0.235. The van der Waals surface area contributed by atoms with Crippen LogP contribution in [0.2, 0.25) is 5.02 Å². The Morgan fingerprint density at radius 2 is 1.83 bits per heavy atom. The summed E-state index contributed by atoms with van der Waals surface area (Å²) in [6, 6.07) is 14.8. The molecule has 0 fully saturated rings. The summed E-state index contributed by atoms with van der Waals surface area (Å²) in [6.07, 6.45) is -0.749. The van der Waals surface area contributed by atoms with Gasteiger partial charge < -0.3 is 9.84 Å². The number of aryl methyl sites for hydroxylation is 1. The second-order valence-electron chi connectivity index (χ2n) is 5.45. The number of ether oxygens (including phenoxy) is 1. The molecule has 1 aromatic heterocycles. The molecule has 1 N–H and O–H groups in total. The summed E-state index contributed by atoms with van der Waals surface area (Å²) in [7, 11) is 0. The fourth-order valence-corrected chi connectivity index (χ4v) is 2.23. The van der Waals surface area contributed by atoms with Crippen molar-refractivity contribution in [2.24, 2.45) is 0 Å². The highest BCUT2D eigenvalue weighted by molar-refractivity contribution is 6.30. The minimum absolute atomic E-state index is 0.128. The zero-order valence-corrected chi connectivity index (χ0v) is 13.9. The number of hydrogen-bond acceptors (Lipinski definition) is 5. The van der Waals surface area contributed by atoms with Gasteiger partial charge in [0.15, 0.2) is 0 Å². The van der Waals surface area contributed by atoms with E-state index in [9.17, 15) is 5.11 Å². The smallest absolute Gasteiger partial charge is 0.204 e. The summed E-state index contributed by atoms with van der Waals surface area (Å²) < 4.78 is 5.50. The summed E-state index contributed by atoms with van der Waals surface area (Å²) in [4.78, 5) is 1.37. The number of nitrogens with zero attached hydrogens (tertiary/aromatic N) is 4. The Morgan fingerprint density at radius 1 is 1.12 bits per heavy atom. The zero-order valence-electron chi connectivity index (χ0n) is 13.1. The predicted molar refractivity (Wildman–Crippen MR) is 90.9 cm³/mol. The van der Waals surface area contributed by atoms with Crippen molar-refractivity contribution in [2.75, 3.05) is 6.61 Å². The van der Waals surface area contributed by atoms with E-state index in [1.807, 2.05) is 31.2 Å². The lowest BCUT2D eigenvalue weighted by Crippen LogP contribution is -2.24. The topological polar surface area (TPSA) is 73.1 Å². The lowest BCUT2D eigenvalue weighted by molar-refractivity contribution is 0.0850. The first-order valence-electron chi connectivity index (χ1n) is 7.51. The summed E-state index contributed by atoms with van der Waals surface area (Å²) in [5.41, 5.74) is 2.06. The molecule has 1 atom stereocenters. The zero-order chi connectivity index (χ0) is 16.9. The third-order valence-corrected chi connectivity index (χ3v) is 3.64. The second kappa shape index (κ2) is 7.42. The molecule has 0 spiro atoms. The molecule has 6 nitrogen and oxygen atoms in total. The first-order valence-corrected chi connectivity index (χ1v) is 7.89. The Hall–Kier alpha value is -2.44. The minimum atomic E-state index is -0.749. The quantitative estimate of drug-likeness (QED) is 0.744. The highest BCUT2D eigenvalue weighted by Gasteiger charge is 2.11. The number of halogens is 1. The van der Waals surface area contributed by atoms with Gasteiger partial charge in [-0.05, 0) is 36.4 Å². The van der Waals surface area contributed by atoms with Crippen molar-refractivity contribution in [3.63, 3.8) is 0 Å². The third-order valence-electron chi connectivity index (χ3n) is 3.39. The molecule has 0 bridgehead atoms. The maximum atomic E-state index is 10.1. The van der Waals surface area contributed by atoms with E-state index in [0.29, 0.717) is 16.6 Å². The fourth-order valence-electron chi connectivity index (χ4n) is 2.10. The number of rotatable bonds is 6. The third kappa shape index (κ3) is 4.31. The van der Waals surface area contributed by atoms with Crippen molar-refractivity contribution in [3.8, 4) is 17.1 Å². The Labute approximate surface area is 144 Å².